The number of carbonyl (C=O) groups is 1. The maximum atomic E-state index is 11.9. The Morgan fingerprint density at radius 1 is 1.32 bits per heavy atom. The van der Waals surface area contributed by atoms with Crippen LogP contribution in [0.4, 0.5) is 0 Å². The summed E-state index contributed by atoms with van der Waals surface area (Å²) < 4.78 is 36.4. The van der Waals surface area contributed by atoms with Gasteiger partial charge in [0.2, 0.25) is 5.89 Å². The van der Waals surface area contributed by atoms with Crippen LogP contribution < -0.4 is 4.72 Å². The van der Waals surface area contributed by atoms with E-state index in [1.54, 1.807) is 25.1 Å². The Morgan fingerprint density at radius 3 is 2.88 bits per heavy atom. The molecule has 1 aromatic carbocycles. The van der Waals surface area contributed by atoms with Gasteiger partial charge in [0.1, 0.15) is 5.84 Å². The van der Waals surface area contributed by atoms with Gasteiger partial charge in [-0.25, -0.2) is 8.42 Å². The van der Waals surface area contributed by atoms with Crippen LogP contribution in [0.3, 0.4) is 0 Å². The molecule has 10 heteroatoms. The third-order valence-corrected chi connectivity index (χ3v) is 4.79. The molecule has 0 unspecified atom stereocenters. The molecule has 0 bridgehead atoms. The van der Waals surface area contributed by atoms with Gasteiger partial charge < -0.3 is 9.15 Å². The second-order valence-electron chi connectivity index (χ2n) is 5.31. The van der Waals surface area contributed by atoms with Gasteiger partial charge in [0, 0.05) is 25.5 Å². The molecule has 1 aromatic heterocycles. The van der Waals surface area contributed by atoms with Gasteiger partial charge in [-0.1, -0.05) is 12.1 Å². The maximum absolute atomic E-state index is 11.9. The van der Waals surface area contributed by atoms with Crippen LogP contribution in [-0.2, 0) is 26.2 Å². The number of benzene rings is 1. The zero-order valence-corrected chi connectivity index (χ0v) is 14.2. The van der Waals surface area contributed by atoms with Crippen molar-refractivity contribution in [1.29, 1.82) is 0 Å². The standard InChI is InChI=1S/C15H16N4O5S/c1-10-17-18-13(24-10)9-23-14(20)7-4-8-16-15-11-5-2-3-6-12(11)25(21,22)19-15/h2-3,5-6H,4,7-9H2,1H3,(H,16,19). The second kappa shape index (κ2) is 7.01. The molecule has 0 spiro atoms. The van der Waals surface area contributed by atoms with E-state index in [0.717, 1.165) is 0 Å². The van der Waals surface area contributed by atoms with E-state index in [0.29, 0.717) is 30.3 Å². The highest BCUT2D eigenvalue weighted by atomic mass is 32.2. The van der Waals surface area contributed by atoms with Crippen molar-refractivity contribution >= 4 is 21.8 Å². The van der Waals surface area contributed by atoms with Crippen molar-refractivity contribution in [2.45, 2.75) is 31.3 Å². The molecule has 9 nitrogen and oxygen atoms in total. The summed E-state index contributed by atoms with van der Waals surface area (Å²) in [6.45, 7) is 1.87. The molecule has 0 saturated heterocycles. The van der Waals surface area contributed by atoms with Crippen molar-refractivity contribution in [1.82, 2.24) is 14.9 Å². The summed E-state index contributed by atoms with van der Waals surface area (Å²) in [4.78, 5) is 16.1. The molecule has 1 aliphatic heterocycles. The number of nitrogens with one attached hydrogen (secondary N) is 1. The van der Waals surface area contributed by atoms with E-state index in [9.17, 15) is 13.2 Å². The van der Waals surface area contributed by atoms with Crippen LogP contribution in [-0.4, -0.2) is 37.0 Å². The number of hydrogen-bond donors (Lipinski definition) is 1. The first-order valence-electron chi connectivity index (χ1n) is 7.57. The van der Waals surface area contributed by atoms with E-state index >= 15 is 0 Å². The van der Waals surface area contributed by atoms with Gasteiger partial charge in [-0.15, -0.1) is 10.2 Å². The first-order valence-corrected chi connectivity index (χ1v) is 9.05. The summed E-state index contributed by atoms with van der Waals surface area (Å²) in [5.74, 6) is 0.526. The summed E-state index contributed by atoms with van der Waals surface area (Å²) in [5, 5.41) is 7.35. The Bertz CT molecular complexity index is 920. The number of aromatic nitrogens is 2. The van der Waals surface area contributed by atoms with Crippen molar-refractivity contribution in [3.8, 4) is 0 Å². The van der Waals surface area contributed by atoms with Gasteiger partial charge in [0.25, 0.3) is 15.9 Å². The Balaban J connectivity index is 1.48. The highest BCUT2D eigenvalue weighted by Gasteiger charge is 2.29. The minimum Gasteiger partial charge on any atom is -0.456 e. The van der Waals surface area contributed by atoms with Crippen LogP contribution in [0.15, 0.2) is 38.6 Å². The van der Waals surface area contributed by atoms with Crippen LogP contribution in [0.5, 0.6) is 0 Å². The number of aryl methyl sites for hydroxylation is 1. The third kappa shape index (κ3) is 4.02. The number of nitrogens with zero attached hydrogens (tertiary/aromatic N) is 3. The molecule has 1 N–H and O–H groups in total. The first-order chi connectivity index (χ1) is 12.0. The van der Waals surface area contributed by atoms with Crippen molar-refractivity contribution < 1.29 is 22.4 Å². The molecule has 0 fully saturated rings. The first kappa shape index (κ1) is 17.1. The van der Waals surface area contributed by atoms with Crippen molar-refractivity contribution in [2.24, 2.45) is 4.99 Å². The summed E-state index contributed by atoms with van der Waals surface area (Å²) in [6, 6.07) is 6.61. The second-order valence-corrected chi connectivity index (χ2v) is 6.96. The molecule has 1 aliphatic rings. The summed E-state index contributed by atoms with van der Waals surface area (Å²) in [5.41, 5.74) is 0.539. The monoisotopic (exact) mass is 364 g/mol. The predicted molar refractivity (Wildman–Crippen MR) is 86.2 cm³/mol. The maximum Gasteiger partial charge on any atom is 0.306 e. The summed E-state index contributed by atoms with van der Waals surface area (Å²) in [6.07, 6.45) is 0.577. The summed E-state index contributed by atoms with van der Waals surface area (Å²) in [7, 11) is -3.54. The quantitative estimate of drug-likeness (QED) is 0.597. The Labute approximate surface area is 144 Å². The van der Waals surface area contributed by atoms with Crippen LogP contribution in [0.2, 0.25) is 0 Å². The Hall–Kier alpha value is -2.75. The van der Waals surface area contributed by atoms with Crippen LogP contribution in [0, 0.1) is 6.92 Å². The lowest BCUT2D eigenvalue weighted by molar-refractivity contribution is -0.145. The van der Waals surface area contributed by atoms with E-state index < -0.39 is 16.0 Å². The van der Waals surface area contributed by atoms with Crippen molar-refractivity contribution in [3.63, 3.8) is 0 Å². The Morgan fingerprint density at radius 2 is 2.12 bits per heavy atom. The number of amidine groups is 1. The molecule has 2 aromatic rings. The number of carbonyl (C=O) groups excluding carboxylic acids is 1. The van der Waals surface area contributed by atoms with Gasteiger partial charge in [-0.2, -0.15) is 0 Å². The van der Waals surface area contributed by atoms with E-state index in [1.165, 1.54) is 6.07 Å². The molecule has 0 amide bonds. The number of esters is 1. The number of sulfonamides is 1. The summed E-state index contributed by atoms with van der Waals surface area (Å²) >= 11 is 0. The normalized spacial score (nSPS) is 16.4. The van der Waals surface area contributed by atoms with Crippen LogP contribution >= 0.6 is 0 Å². The minimum atomic E-state index is -3.54. The van der Waals surface area contributed by atoms with Crippen LogP contribution in [0.1, 0.15) is 30.2 Å². The lowest BCUT2D eigenvalue weighted by atomic mass is 10.2. The van der Waals surface area contributed by atoms with E-state index in [1.807, 2.05) is 0 Å². The number of ether oxygens (including phenoxy) is 1. The fourth-order valence-corrected chi connectivity index (χ4v) is 3.53. The van der Waals surface area contributed by atoms with Crippen molar-refractivity contribution in [2.75, 3.05) is 6.54 Å². The van der Waals surface area contributed by atoms with E-state index in [-0.39, 0.29) is 23.8 Å². The van der Waals surface area contributed by atoms with Gasteiger partial charge in [0.15, 0.2) is 6.61 Å². The molecule has 3 rings (SSSR count). The zero-order valence-electron chi connectivity index (χ0n) is 13.4. The topological polar surface area (TPSA) is 124 Å². The lowest BCUT2D eigenvalue weighted by Gasteiger charge is -2.01. The number of fused-ring (bicyclic) bond motifs is 1. The average molecular weight is 364 g/mol. The fourth-order valence-electron chi connectivity index (χ4n) is 2.28. The fraction of sp³-hybridized carbons (Fsp3) is 0.333. The minimum absolute atomic E-state index is 0.0681. The lowest BCUT2D eigenvalue weighted by Crippen LogP contribution is -2.22. The highest BCUT2D eigenvalue weighted by molar-refractivity contribution is 7.90. The van der Waals surface area contributed by atoms with E-state index in [2.05, 4.69) is 19.9 Å². The molecular formula is C15H16N4O5S. The SMILES string of the molecule is Cc1nnc(COC(=O)CCCN=C2NS(=O)(=O)c3ccccc32)o1. The molecular weight excluding hydrogens is 348 g/mol. The smallest absolute Gasteiger partial charge is 0.306 e. The number of aliphatic imine (C=N–C) groups is 1. The molecule has 0 atom stereocenters. The van der Waals surface area contributed by atoms with Crippen molar-refractivity contribution in [3.05, 3.63) is 41.6 Å². The average Bonchev–Trinajstić information content (AvgIpc) is 3.11. The molecule has 25 heavy (non-hydrogen) atoms. The predicted octanol–water partition coefficient (Wildman–Crippen LogP) is 0.940. The third-order valence-electron chi connectivity index (χ3n) is 3.40. The number of rotatable bonds is 6. The van der Waals surface area contributed by atoms with Crippen LogP contribution in [0.25, 0.3) is 0 Å². The molecule has 132 valence electrons. The van der Waals surface area contributed by atoms with Gasteiger partial charge in [-0.05, 0) is 18.6 Å². The molecule has 0 saturated carbocycles. The van der Waals surface area contributed by atoms with Gasteiger partial charge in [-0.3, -0.25) is 14.5 Å². The molecule has 0 aliphatic carbocycles. The van der Waals surface area contributed by atoms with Gasteiger partial charge >= 0.3 is 5.97 Å². The number of hydrogen-bond acceptors (Lipinski definition) is 8. The van der Waals surface area contributed by atoms with E-state index in [4.69, 9.17) is 9.15 Å². The zero-order chi connectivity index (χ0) is 17.9. The van der Waals surface area contributed by atoms with Gasteiger partial charge in [0.05, 0.1) is 4.90 Å². The highest BCUT2D eigenvalue weighted by Crippen LogP contribution is 2.22. The Kier molecular flexibility index (Phi) is 4.79. The molecule has 2 heterocycles. The molecule has 0 radical (unpaired) electrons. The largest absolute Gasteiger partial charge is 0.456 e.